The van der Waals surface area contributed by atoms with Crippen LogP contribution in [-0.2, 0) is 16.1 Å². The van der Waals surface area contributed by atoms with E-state index in [0.717, 1.165) is 26.3 Å². The highest BCUT2D eigenvalue weighted by atomic mass is 32.1. The van der Waals surface area contributed by atoms with E-state index in [0.29, 0.717) is 16.8 Å². The van der Waals surface area contributed by atoms with E-state index in [-0.39, 0.29) is 23.6 Å². The number of hydrogen-bond acceptors (Lipinski definition) is 6. The van der Waals surface area contributed by atoms with Gasteiger partial charge in [-0.3, -0.25) is 19.1 Å². The molecule has 1 fully saturated rings. The van der Waals surface area contributed by atoms with Crippen LogP contribution in [-0.4, -0.2) is 58.7 Å². The van der Waals surface area contributed by atoms with Crippen molar-refractivity contribution in [3.63, 3.8) is 0 Å². The van der Waals surface area contributed by atoms with Crippen LogP contribution in [0.4, 0.5) is 0 Å². The molecule has 0 spiro atoms. The third-order valence-corrected chi connectivity index (χ3v) is 5.23. The first-order valence-electron chi connectivity index (χ1n) is 7.99. The van der Waals surface area contributed by atoms with E-state index >= 15 is 0 Å². The van der Waals surface area contributed by atoms with Gasteiger partial charge in [-0.1, -0.05) is 0 Å². The van der Waals surface area contributed by atoms with Crippen molar-refractivity contribution in [3.8, 4) is 0 Å². The quantitative estimate of drug-likeness (QED) is 0.858. The zero-order valence-corrected chi connectivity index (χ0v) is 14.8. The van der Waals surface area contributed by atoms with Crippen molar-refractivity contribution in [2.45, 2.75) is 25.9 Å². The average molecular weight is 350 g/mol. The molecule has 0 atom stereocenters. The Balaban J connectivity index is 1.60. The Hall–Kier alpha value is -1.77. The van der Waals surface area contributed by atoms with Crippen molar-refractivity contribution in [1.82, 2.24) is 19.8 Å². The summed E-state index contributed by atoms with van der Waals surface area (Å²) in [4.78, 5) is 31.1. The highest BCUT2D eigenvalue weighted by Gasteiger charge is 2.28. The van der Waals surface area contributed by atoms with E-state index in [1.165, 1.54) is 22.2 Å². The number of rotatable bonds is 5. The molecular weight excluding hydrogens is 328 g/mol. The predicted octanol–water partition coefficient (Wildman–Crippen LogP) is 0.685. The van der Waals surface area contributed by atoms with Gasteiger partial charge >= 0.3 is 0 Å². The van der Waals surface area contributed by atoms with Crippen LogP contribution in [0.1, 0.15) is 13.8 Å². The molecule has 0 bridgehead atoms. The molecule has 0 unspecified atom stereocenters. The molecule has 8 heteroatoms. The van der Waals surface area contributed by atoms with E-state index in [2.05, 4.69) is 29.0 Å². The summed E-state index contributed by atoms with van der Waals surface area (Å²) >= 11 is 1.35. The fraction of sp³-hybridized carbons (Fsp3) is 0.562. The number of hydrogen-bond donors (Lipinski definition) is 1. The molecule has 0 aromatic carbocycles. The van der Waals surface area contributed by atoms with E-state index in [1.807, 2.05) is 5.38 Å². The van der Waals surface area contributed by atoms with Crippen LogP contribution >= 0.6 is 11.3 Å². The summed E-state index contributed by atoms with van der Waals surface area (Å²) in [5.41, 5.74) is 0.355. The maximum atomic E-state index is 12.3. The first kappa shape index (κ1) is 17.1. The number of morpholine rings is 1. The molecule has 3 heterocycles. The molecule has 2 aromatic rings. The van der Waals surface area contributed by atoms with Crippen molar-refractivity contribution in [1.29, 1.82) is 0 Å². The van der Waals surface area contributed by atoms with Gasteiger partial charge in [-0.25, -0.2) is 4.98 Å². The van der Waals surface area contributed by atoms with Crippen LogP contribution in [0.5, 0.6) is 0 Å². The third-order valence-electron chi connectivity index (χ3n) is 4.34. The minimum Gasteiger partial charge on any atom is -0.379 e. The number of thiophene rings is 1. The zero-order valence-electron chi connectivity index (χ0n) is 13.9. The van der Waals surface area contributed by atoms with Crippen molar-refractivity contribution in [2.75, 3.05) is 32.8 Å². The number of amides is 1. The summed E-state index contributed by atoms with van der Waals surface area (Å²) in [5.74, 6) is -0.184. The number of aromatic nitrogens is 2. The van der Waals surface area contributed by atoms with Gasteiger partial charge in [0.2, 0.25) is 5.91 Å². The first-order chi connectivity index (χ1) is 11.5. The van der Waals surface area contributed by atoms with E-state index in [9.17, 15) is 9.59 Å². The summed E-state index contributed by atoms with van der Waals surface area (Å²) in [6.07, 6.45) is 1.43. The molecule has 1 amide bonds. The Labute approximate surface area is 144 Å². The van der Waals surface area contributed by atoms with Crippen LogP contribution in [0.2, 0.25) is 0 Å². The molecule has 1 aliphatic heterocycles. The van der Waals surface area contributed by atoms with Gasteiger partial charge in [0.25, 0.3) is 5.56 Å². The summed E-state index contributed by atoms with van der Waals surface area (Å²) in [6, 6.07) is 1.80. The SMILES string of the molecule is CC(C)(CNC(=O)Cn1cnc2ccsc2c1=O)N1CCOCC1. The van der Waals surface area contributed by atoms with E-state index in [1.54, 1.807) is 6.07 Å². The van der Waals surface area contributed by atoms with Gasteiger partial charge in [-0.2, -0.15) is 0 Å². The highest BCUT2D eigenvalue weighted by molar-refractivity contribution is 7.17. The Morgan fingerprint density at radius 1 is 1.42 bits per heavy atom. The van der Waals surface area contributed by atoms with Gasteiger partial charge in [0, 0.05) is 25.2 Å². The minimum atomic E-state index is -0.184. The molecule has 2 aromatic heterocycles. The summed E-state index contributed by atoms with van der Waals surface area (Å²) < 4.78 is 7.31. The fourth-order valence-electron chi connectivity index (χ4n) is 2.80. The molecule has 1 saturated heterocycles. The largest absolute Gasteiger partial charge is 0.379 e. The Kier molecular flexibility index (Phi) is 4.98. The lowest BCUT2D eigenvalue weighted by molar-refractivity contribution is -0.122. The third kappa shape index (κ3) is 3.66. The molecule has 7 nitrogen and oxygen atoms in total. The normalized spacial score (nSPS) is 16.4. The van der Waals surface area contributed by atoms with Crippen LogP contribution < -0.4 is 10.9 Å². The lowest BCUT2D eigenvalue weighted by Crippen LogP contribution is -2.55. The molecule has 3 rings (SSSR count). The number of fused-ring (bicyclic) bond motifs is 1. The number of ether oxygens (including phenoxy) is 1. The maximum Gasteiger partial charge on any atom is 0.271 e. The smallest absolute Gasteiger partial charge is 0.271 e. The van der Waals surface area contributed by atoms with Gasteiger partial charge in [-0.05, 0) is 25.3 Å². The molecule has 0 aliphatic carbocycles. The topological polar surface area (TPSA) is 76.5 Å². The molecular formula is C16H22N4O3S. The number of carbonyl (C=O) groups is 1. The monoisotopic (exact) mass is 350 g/mol. The number of carbonyl (C=O) groups excluding carboxylic acids is 1. The van der Waals surface area contributed by atoms with Crippen LogP contribution in [0, 0.1) is 0 Å². The van der Waals surface area contributed by atoms with Crippen molar-refractivity contribution < 1.29 is 9.53 Å². The van der Waals surface area contributed by atoms with Gasteiger partial charge in [0.05, 0.1) is 25.1 Å². The summed E-state index contributed by atoms with van der Waals surface area (Å²) in [7, 11) is 0. The van der Waals surface area contributed by atoms with E-state index < -0.39 is 0 Å². The van der Waals surface area contributed by atoms with Gasteiger partial charge in [0.15, 0.2) is 0 Å². The average Bonchev–Trinajstić information content (AvgIpc) is 3.06. The Morgan fingerprint density at radius 3 is 2.92 bits per heavy atom. The van der Waals surface area contributed by atoms with Crippen molar-refractivity contribution >= 4 is 27.5 Å². The second kappa shape index (κ2) is 7.00. The highest BCUT2D eigenvalue weighted by Crippen LogP contribution is 2.15. The van der Waals surface area contributed by atoms with Crippen molar-refractivity contribution in [2.24, 2.45) is 0 Å². The van der Waals surface area contributed by atoms with Crippen LogP contribution in [0.25, 0.3) is 10.2 Å². The van der Waals surface area contributed by atoms with Gasteiger partial charge < -0.3 is 10.1 Å². The Morgan fingerprint density at radius 2 is 2.17 bits per heavy atom. The maximum absolute atomic E-state index is 12.3. The molecule has 0 saturated carbocycles. The molecule has 1 aliphatic rings. The van der Waals surface area contributed by atoms with Gasteiger partial charge in [-0.15, -0.1) is 11.3 Å². The van der Waals surface area contributed by atoms with Crippen molar-refractivity contribution in [3.05, 3.63) is 28.1 Å². The number of nitrogens with one attached hydrogen (secondary N) is 1. The second-order valence-electron chi connectivity index (χ2n) is 6.50. The molecule has 24 heavy (non-hydrogen) atoms. The standard InChI is InChI=1S/C16H22N4O3S/c1-16(2,20-4-6-23-7-5-20)10-17-13(21)9-19-11-18-12-3-8-24-14(12)15(19)22/h3,8,11H,4-7,9-10H2,1-2H3,(H,17,21). The minimum absolute atomic E-state index is 0.0150. The predicted molar refractivity (Wildman–Crippen MR) is 93.4 cm³/mol. The molecule has 0 radical (unpaired) electrons. The fourth-order valence-corrected chi connectivity index (χ4v) is 3.59. The Bertz CT molecular complexity index is 777. The molecule has 130 valence electrons. The zero-order chi connectivity index (χ0) is 17.2. The summed E-state index contributed by atoms with van der Waals surface area (Å²) in [6.45, 7) is 7.88. The lowest BCUT2D eigenvalue weighted by Gasteiger charge is -2.40. The van der Waals surface area contributed by atoms with E-state index in [4.69, 9.17) is 4.74 Å². The van der Waals surface area contributed by atoms with Crippen LogP contribution in [0.15, 0.2) is 22.6 Å². The van der Waals surface area contributed by atoms with Gasteiger partial charge in [0.1, 0.15) is 11.2 Å². The van der Waals surface area contributed by atoms with Crippen LogP contribution in [0.3, 0.4) is 0 Å². The molecule has 1 N–H and O–H groups in total. The number of nitrogens with zero attached hydrogens (tertiary/aromatic N) is 3. The lowest BCUT2D eigenvalue weighted by atomic mass is 10.0. The summed E-state index contributed by atoms with van der Waals surface area (Å²) in [5, 5.41) is 4.76. The first-order valence-corrected chi connectivity index (χ1v) is 8.87. The second-order valence-corrected chi connectivity index (χ2v) is 7.42.